The fourth-order valence-corrected chi connectivity index (χ4v) is 1.82. The molecule has 1 N–H and O–H groups in total. The van der Waals surface area contributed by atoms with Crippen LogP contribution in [0.1, 0.15) is 25.5 Å². The van der Waals surface area contributed by atoms with Crippen molar-refractivity contribution >= 4 is 5.90 Å². The quantitative estimate of drug-likeness (QED) is 0.851. The number of halogens is 1. The van der Waals surface area contributed by atoms with Crippen LogP contribution in [-0.4, -0.2) is 25.1 Å². The number of rotatable bonds is 2. The Kier molecular flexibility index (Phi) is 3.74. The van der Waals surface area contributed by atoms with Crippen molar-refractivity contribution in [2.24, 2.45) is 4.99 Å². The summed E-state index contributed by atoms with van der Waals surface area (Å²) in [4.78, 5) is 4.50. The number of hydrogen-bond acceptors (Lipinski definition) is 3. The molecular formula is C13H16FN2O. The highest BCUT2D eigenvalue weighted by atomic mass is 19.1. The van der Waals surface area contributed by atoms with Gasteiger partial charge in [0, 0.05) is 6.54 Å². The molecule has 0 amide bonds. The molecule has 1 aromatic carbocycles. The minimum Gasteiger partial charge on any atom is -0.480 e. The van der Waals surface area contributed by atoms with Crippen LogP contribution in [0.2, 0.25) is 0 Å². The average molecular weight is 235 g/mol. The van der Waals surface area contributed by atoms with Crippen LogP contribution >= 0.6 is 0 Å². The van der Waals surface area contributed by atoms with Gasteiger partial charge < -0.3 is 10.1 Å². The Morgan fingerprint density at radius 2 is 2.47 bits per heavy atom. The molecule has 4 heteroatoms. The molecule has 3 nitrogen and oxygen atoms in total. The van der Waals surface area contributed by atoms with Gasteiger partial charge in [0.1, 0.15) is 5.82 Å². The molecule has 1 unspecified atom stereocenters. The highest BCUT2D eigenvalue weighted by molar-refractivity contribution is 5.82. The van der Waals surface area contributed by atoms with Gasteiger partial charge >= 0.3 is 0 Å². The summed E-state index contributed by atoms with van der Waals surface area (Å²) >= 11 is 0. The van der Waals surface area contributed by atoms with Crippen molar-refractivity contribution in [3.8, 4) is 0 Å². The molecule has 0 saturated carbocycles. The molecule has 0 spiro atoms. The first-order chi connectivity index (χ1) is 8.20. The lowest BCUT2D eigenvalue weighted by molar-refractivity contribution is 0.292. The van der Waals surface area contributed by atoms with Crippen molar-refractivity contribution in [2.75, 3.05) is 13.2 Å². The van der Waals surface area contributed by atoms with Gasteiger partial charge in [-0.2, -0.15) is 0 Å². The summed E-state index contributed by atoms with van der Waals surface area (Å²) < 4.78 is 18.6. The fraction of sp³-hybridized carbons (Fsp3) is 0.462. The number of hydrogen-bond donors (Lipinski definition) is 1. The van der Waals surface area contributed by atoms with E-state index in [4.69, 9.17) is 4.74 Å². The second-order valence-corrected chi connectivity index (χ2v) is 4.01. The van der Waals surface area contributed by atoms with Crippen molar-refractivity contribution in [3.63, 3.8) is 0 Å². The highest BCUT2D eigenvalue weighted by Gasteiger charge is 2.23. The molecule has 17 heavy (non-hydrogen) atoms. The monoisotopic (exact) mass is 235 g/mol. The number of benzene rings is 1. The summed E-state index contributed by atoms with van der Waals surface area (Å²) in [5.41, 5.74) is 0.751. The molecular weight excluding hydrogens is 219 g/mol. The predicted molar refractivity (Wildman–Crippen MR) is 64.5 cm³/mol. The third-order valence-corrected chi connectivity index (χ3v) is 2.71. The van der Waals surface area contributed by atoms with Crippen LogP contribution < -0.4 is 5.32 Å². The minimum absolute atomic E-state index is 0.111. The Bertz CT molecular complexity index is 420. The Hall–Kier alpha value is -1.42. The average Bonchev–Trinajstić information content (AvgIpc) is 2.32. The molecule has 1 heterocycles. The maximum Gasteiger partial charge on any atom is 0.201 e. The zero-order valence-electron chi connectivity index (χ0n) is 10.0. The smallest absolute Gasteiger partial charge is 0.201 e. The lowest BCUT2D eigenvalue weighted by atomic mass is 10.1. The van der Waals surface area contributed by atoms with E-state index >= 15 is 0 Å². The van der Waals surface area contributed by atoms with E-state index in [1.165, 1.54) is 12.1 Å². The first-order valence-corrected chi connectivity index (χ1v) is 5.81. The predicted octanol–water partition coefficient (Wildman–Crippen LogP) is 2.09. The molecule has 1 aliphatic rings. The number of aliphatic imine (C=N–C) groups is 1. The summed E-state index contributed by atoms with van der Waals surface area (Å²) in [6, 6.07) is 7.44. The summed E-state index contributed by atoms with van der Waals surface area (Å²) in [6.07, 6.45) is 0. The van der Waals surface area contributed by atoms with Crippen molar-refractivity contribution < 1.29 is 9.13 Å². The lowest BCUT2D eigenvalue weighted by Crippen LogP contribution is -2.42. The van der Waals surface area contributed by atoms with E-state index in [0.717, 1.165) is 5.56 Å². The maximum atomic E-state index is 13.1. The van der Waals surface area contributed by atoms with Gasteiger partial charge in [0.15, 0.2) is 0 Å². The zero-order chi connectivity index (χ0) is 12.3. The van der Waals surface area contributed by atoms with Crippen LogP contribution in [0.25, 0.3) is 0 Å². The molecule has 91 valence electrons. The number of nitrogens with zero attached hydrogens (tertiary/aromatic N) is 1. The van der Waals surface area contributed by atoms with Crippen LogP contribution in [-0.2, 0) is 4.74 Å². The Morgan fingerprint density at radius 3 is 3.18 bits per heavy atom. The van der Waals surface area contributed by atoms with E-state index in [1.54, 1.807) is 6.07 Å². The molecule has 0 aliphatic carbocycles. The fourth-order valence-electron chi connectivity index (χ4n) is 1.82. The first-order valence-electron chi connectivity index (χ1n) is 5.81. The van der Waals surface area contributed by atoms with Gasteiger partial charge in [0.05, 0.1) is 18.7 Å². The van der Waals surface area contributed by atoms with E-state index < -0.39 is 0 Å². The van der Waals surface area contributed by atoms with Gasteiger partial charge in [-0.25, -0.2) is 9.38 Å². The molecule has 0 bridgehead atoms. The van der Waals surface area contributed by atoms with Gasteiger partial charge in [0.25, 0.3) is 0 Å². The van der Waals surface area contributed by atoms with E-state index in [9.17, 15) is 4.39 Å². The summed E-state index contributed by atoms with van der Waals surface area (Å²) in [5, 5.41) is 3.29. The summed E-state index contributed by atoms with van der Waals surface area (Å²) in [6.45, 7) is 5.19. The zero-order valence-corrected chi connectivity index (χ0v) is 10.0. The van der Waals surface area contributed by atoms with Gasteiger partial charge in [-0.15, -0.1) is 0 Å². The minimum atomic E-state index is -0.259. The van der Waals surface area contributed by atoms with Crippen molar-refractivity contribution in [2.45, 2.75) is 25.9 Å². The Balaban J connectivity index is 2.22. The largest absolute Gasteiger partial charge is 0.480 e. The van der Waals surface area contributed by atoms with E-state index in [-0.39, 0.29) is 17.9 Å². The van der Waals surface area contributed by atoms with E-state index in [0.29, 0.717) is 19.0 Å². The molecule has 0 fully saturated rings. The van der Waals surface area contributed by atoms with Crippen LogP contribution in [0, 0.1) is 11.9 Å². The van der Waals surface area contributed by atoms with Crippen molar-refractivity contribution in [3.05, 3.63) is 35.6 Å². The van der Waals surface area contributed by atoms with Gasteiger partial charge in [-0.05, 0) is 37.6 Å². The molecule has 1 radical (unpaired) electrons. The third kappa shape index (κ3) is 2.82. The van der Waals surface area contributed by atoms with Crippen LogP contribution in [0.5, 0.6) is 0 Å². The number of nitrogens with one attached hydrogen (secondary N) is 1. The molecule has 0 aromatic heterocycles. The van der Waals surface area contributed by atoms with Gasteiger partial charge in [0.2, 0.25) is 5.90 Å². The Morgan fingerprint density at radius 1 is 1.65 bits per heavy atom. The summed E-state index contributed by atoms with van der Waals surface area (Å²) in [7, 11) is 0. The van der Waals surface area contributed by atoms with Crippen LogP contribution in [0.3, 0.4) is 0 Å². The molecule has 0 saturated heterocycles. The van der Waals surface area contributed by atoms with Gasteiger partial charge in [-0.3, -0.25) is 0 Å². The maximum absolute atomic E-state index is 13.1. The second kappa shape index (κ2) is 5.27. The SMILES string of the molecule is CCOC1=N[C@H](c2[c]ccc(F)c2)CNC1C. The highest BCUT2D eigenvalue weighted by Crippen LogP contribution is 2.20. The van der Waals surface area contributed by atoms with Crippen LogP contribution in [0.15, 0.2) is 23.2 Å². The standard InChI is InChI=1S/C13H16FN2O/c1-3-17-13-9(2)15-8-12(16-13)10-5-4-6-11(14)7-10/h4,6-7,9,12,15H,3,8H2,1-2H3/t9?,12-/m0/s1. The topological polar surface area (TPSA) is 33.6 Å². The van der Waals surface area contributed by atoms with Crippen molar-refractivity contribution in [1.82, 2.24) is 5.32 Å². The molecule has 1 aliphatic heterocycles. The van der Waals surface area contributed by atoms with Crippen LogP contribution in [0.4, 0.5) is 4.39 Å². The molecule has 1 aromatic rings. The van der Waals surface area contributed by atoms with E-state index in [1.807, 2.05) is 13.8 Å². The Labute approximate surface area is 101 Å². The lowest BCUT2D eigenvalue weighted by Gasteiger charge is -2.26. The first kappa shape index (κ1) is 12.0. The number of ether oxygens (including phenoxy) is 1. The van der Waals surface area contributed by atoms with E-state index in [2.05, 4.69) is 16.4 Å². The summed E-state index contributed by atoms with van der Waals surface area (Å²) in [5.74, 6) is 0.423. The van der Waals surface area contributed by atoms with Gasteiger partial charge in [-0.1, -0.05) is 6.07 Å². The normalized spacial score (nSPS) is 24.3. The molecule has 2 rings (SSSR count). The van der Waals surface area contributed by atoms with Crippen molar-refractivity contribution in [1.29, 1.82) is 0 Å². The third-order valence-electron chi connectivity index (χ3n) is 2.71. The second-order valence-electron chi connectivity index (χ2n) is 4.01. The molecule has 2 atom stereocenters.